The summed E-state index contributed by atoms with van der Waals surface area (Å²) < 4.78 is 37.6. The first-order valence-electron chi connectivity index (χ1n) is 8.28. The molecule has 2 amide bonds. The maximum atomic E-state index is 12.6. The number of halogens is 3. The van der Waals surface area contributed by atoms with E-state index in [9.17, 15) is 22.8 Å². The summed E-state index contributed by atoms with van der Waals surface area (Å²) in [5, 5.41) is 5.78. The van der Waals surface area contributed by atoms with E-state index in [1.54, 1.807) is 0 Å². The van der Waals surface area contributed by atoms with E-state index in [4.69, 9.17) is 0 Å². The van der Waals surface area contributed by atoms with Crippen molar-refractivity contribution in [2.24, 2.45) is 5.92 Å². The smallest absolute Gasteiger partial charge is 0.344 e. The number of aryl methyl sites for hydroxylation is 1. The van der Waals surface area contributed by atoms with E-state index >= 15 is 0 Å². The molecule has 2 fully saturated rings. The summed E-state index contributed by atoms with van der Waals surface area (Å²) in [4.78, 5) is 29.7. The number of nitrogens with one attached hydrogen (secondary N) is 1. The number of aromatic nitrogens is 1. The largest absolute Gasteiger partial charge is 0.406 e. The maximum Gasteiger partial charge on any atom is 0.406 e. The fourth-order valence-electron chi connectivity index (χ4n) is 3.60. The summed E-state index contributed by atoms with van der Waals surface area (Å²) in [5.74, 6) is -1.72. The van der Waals surface area contributed by atoms with Crippen LogP contribution in [-0.4, -0.2) is 41.0 Å². The van der Waals surface area contributed by atoms with Crippen molar-refractivity contribution in [2.45, 2.75) is 50.7 Å². The average Bonchev–Trinajstić information content (AvgIpc) is 3.20. The molecule has 2 aliphatic rings. The number of hydrogen-bond donors (Lipinski definition) is 1. The van der Waals surface area contributed by atoms with Gasteiger partial charge in [0.05, 0.1) is 11.5 Å². The van der Waals surface area contributed by atoms with Crippen LogP contribution in [0.5, 0.6) is 0 Å². The van der Waals surface area contributed by atoms with Gasteiger partial charge in [-0.25, -0.2) is 4.98 Å². The summed E-state index contributed by atoms with van der Waals surface area (Å²) in [6, 6.07) is 0. The van der Waals surface area contributed by atoms with E-state index in [1.807, 2.05) is 12.3 Å². The maximum absolute atomic E-state index is 12.6. The van der Waals surface area contributed by atoms with Gasteiger partial charge in [-0.05, 0) is 19.8 Å². The van der Waals surface area contributed by atoms with Gasteiger partial charge in [0, 0.05) is 24.0 Å². The summed E-state index contributed by atoms with van der Waals surface area (Å²) in [6.45, 7) is 0.401. The Kier molecular flexibility index (Phi) is 4.78. The second-order valence-electron chi connectivity index (χ2n) is 6.86. The molecule has 0 bridgehead atoms. The zero-order valence-corrected chi connectivity index (χ0v) is 14.7. The van der Waals surface area contributed by atoms with Gasteiger partial charge in [-0.2, -0.15) is 13.2 Å². The Hall–Kier alpha value is -1.64. The van der Waals surface area contributed by atoms with Gasteiger partial charge in [-0.15, -0.1) is 11.3 Å². The number of amides is 2. The topological polar surface area (TPSA) is 62.3 Å². The van der Waals surface area contributed by atoms with Gasteiger partial charge in [-0.3, -0.25) is 9.59 Å². The van der Waals surface area contributed by atoms with Crippen molar-refractivity contribution in [1.29, 1.82) is 0 Å². The SMILES string of the molecule is Cc1csc(C2(NC(=O)C3CC(=O)N(CC(F)(F)F)C3)CCCC2)n1. The van der Waals surface area contributed by atoms with E-state index in [0.29, 0.717) is 0 Å². The third-order valence-corrected chi connectivity index (χ3v) is 5.97. The molecule has 1 N–H and O–H groups in total. The van der Waals surface area contributed by atoms with Gasteiger partial charge in [0.1, 0.15) is 11.6 Å². The average molecular weight is 375 g/mol. The Balaban J connectivity index is 1.70. The highest BCUT2D eigenvalue weighted by Crippen LogP contribution is 2.40. The van der Waals surface area contributed by atoms with Crippen LogP contribution in [0.4, 0.5) is 13.2 Å². The molecule has 1 aliphatic heterocycles. The third kappa shape index (κ3) is 3.96. The molecule has 1 atom stereocenters. The van der Waals surface area contributed by atoms with Crippen LogP contribution in [0.15, 0.2) is 5.38 Å². The minimum absolute atomic E-state index is 0.172. The molecule has 9 heteroatoms. The Morgan fingerprint density at radius 3 is 2.68 bits per heavy atom. The molecule has 0 spiro atoms. The van der Waals surface area contributed by atoms with E-state index in [0.717, 1.165) is 41.3 Å². The second kappa shape index (κ2) is 6.59. The molecule has 1 aromatic rings. The van der Waals surface area contributed by atoms with Crippen molar-refractivity contribution in [3.63, 3.8) is 0 Å². The Labute approximate surface area is 147 Å². The van der Waals surface area contributed by atoms with Crippen LogP contribution in [0.2, 0.25) is 0 Å². The number of carbonyl (C=O) groups excluding carboxylic acids is 2. The van der Waals surface area contributed by atoms with Crippen LogP contribution in [0.25, 0.3) is 0 Å². The van der Waals surface area contributed by atoms with Gasteiger partial charge >= 0.3 is 6.18 Å². The number of thiazole rings is 1. The van der Waals surface area contributed by atoms with Gasteiger partial charge in [0.15, 0.2) is 0 Å². The molecule has 138 valence electrons. The molecule has 1 saturated heterocycles. The minimum atomic E-state index is -4.45. The predicted octanol–water partition coefficient (Wildman–Crippen LogP) is 2.75. The lowest BCUT2D eigenvalue weighted by atomic mass is 9.96. The molecule has 0 aromatic carbocycles. The first-order valence-corrected chi connectivity index (χ1v) is 9.16. The van der Waals surface area contributed by atoms with E-state index in [-0.39, 0.29) is 18.9 Å². The number of rotatable bonds is 4. The van der Waals surface area contributed by atoms with Crippen LogP contribution in [0.1, 0.15) is 42.8 Å². The third-order valence-electron chi connectivity index (χ3n) is 4.80. The lowest BCUT2D eigenvalue weighted by Crippen LogP contribution is -2.47. The standard InChI is InChI=1S/C16H20F3N3O2S/c1-10-8-25-14(20-10)15(4-2-3-5-15)21-13(24)11-6-12(23)22(7-11)9-16(17,18)19/h8,11H,2-7,9H2,1H3,(H,21,24). The van der Waals surface area contributed by atoms with Crippen LogP contribution >= 0.6 is 11.3 Å². The molecule has 0 radical (unpaired) electrons. The zero-order valence-electron chi connectivity index (χ0n) is 13.9. The van der Waals surface area contributed by atoms with Gasteiger partial charge < -0.3 is 10.2 Å². The normalized spacial score (nSPS) is 23.3. The highest BCUT2D eigenvalue weighted by atomic mass is 32.1. The second-order valence-corrected chi connectivity index (χ2v) is 7.72. The molecule has 2 heterocycles. The fraction of sp³-hybridized carbons (Fsp3) is 0.688. The van der Waals surface area contributed by atoms with Gasteiger partial charge in [0.2, 0.25) is 11.8 Å². The van der Waals surface area contributed by atoms with Gasteiger partial charge in [0.25, 0.3) is 0 Å². The van der Waals surface area contributed by atoms with Crippen molar-refractivity contribution in [3.05, 3.63) is 16.1 Å². The Morgan fingerprint density at radius 1 is 1.44 bits per heavy atom. The molecular formula is C16H20F3N3O2S. The fourth-order valence-corrected chi connectivity index (χ4v) is 4.61. The van der Waals surface area contributed by atoms with Crippen LogP contribution in [0.3, 0.4) is 0 Å². The quantitative estimate of drug-likeness (QED) is 0.880. The molecule has 25 heavy (non-hydrogen) atoms. The van der Waals surface area contributed by atoms with Crippen LogP contribution in [-0.2, 0) is 15.1 Å². The molecule has 5 nitrogen and oxygen atoms in total. The summed E-state index contributed by atoms with van der Waals surface area (Å²) >= 11 is 1.49. The molecule has 1 aliphatic carbocycles. The summed E-state index contributed by atoms with van der Waals surface area (Å²) in [5.41, 5.74) is 0.337. The van der Waals surface area contributed by atoms with E-state index < -0.39 is 30.1 Å². The van der Waals surface area contributed by atoms with Crippen molar-refractivity contribution < 1.29 is 22.8 Å². The molecule has 1 saturated carbocycles. The molecule has 3 rings (SSSR count). The summed E-state index contributed by atoms with van der Waals surface area (Å²) in [7, 11) is 0. The molecule has 1 unspecified atom stereocenters. The minimum Gasteiger partial charge on any atom is -0.344 e. The lowest BCUT2D eigenvalue weighted by Gasteiger charge is -2.29. The zero-order chi connectivity index (χ0) is 18.2. The number of nitrogens with zero attached hydrogens (tertiary/aromatic N) is 2. The van der Waals surface area contributed by atoms with E-state index in [1.165, 1.54) is 11.3 Å². The first kappa shape index (κ1) is 18.2. The van der Waals surface area contributed by atoms with Crippen molar-refractivity contribution in [2.75, 3.05) is 13.1 Å². The van der Waals surface area contributed by atoms with Crippen LogP contribution < -0.4 is 5.32 Å². The van der Waals surface area contributed by atoms with Crippen molar-refractivity contribution in [3.8, 4) is 0 Å². The number of alkyl halides is 3. The lowest BCUT2D eigenvalue weighted by molar-refractivity contribution is -0.157. The van der Waals surface area contributed by atoms with Crippen molar-refractivity contribution in [1.82, 2.24) is 15.2 Å². The molecular weight excluding hydrogens is 355 g/mol. The molecule has 1 aromatic heterocycles. The van der Waals surface area contributed by atoms with E-state index in [2.05, 4.69) is 10.3 Å². The van der Waals surface area contributed by atoms with Crippen molar-refractivity contribution >= 4 is 23.2 Å². The van der Waals surface area contributed by atoms with Gasteiger partial charge in [-0.1, -0.05) is 12.8 Å². The number of likely N-dealkylation sites (tertiary alicyclic amines) is 1. The van der Waals surface area contributed by atoms with Crippen LogP contribution in [0, 0.1) is 12.8 Å². The predicted molar refractivity (Wildman–Crippen MR) is 85.9 cm³/mol. The summed E-state index contributed by atoms with van der Waals surface area (Å²) in [6.07, 6.45) is -1.18. The number of hydrogen-bond acceptors (Lipinski definition) is 4. The Bertz CT molecular complexity index is 668. The monoisotopic (exact) mass is 375 g/mol. The highest BCUT2D eigenvalue weighted by molar-refractivity contribution is 7.09. The Morgan fingerprint density at radius 2 is 2.12 bits per heavy atom. The first-order chi connectivity index (χ1) is 11.7. The number of carbonyl (C=O) groups is 2. The highest BCUT2D eigenvalue weighted by Gasteiger charge is 2.44.